The molecule has 0 fully saturated rings. The van der Waals surface area contributed by atoms with E-state index in [2.05, 4.69) is 0 Å². The molecular formula is C23H26FN3O3S. The molecule has 2 aromatic carbocycles. The van der Waals surface area contributed by atoms with E-state index in [0.29, 0.717) is 11.1 Å². The number of carbonyl (C=O) groups is 1. The normalized spacial score (nSPS) is 12.4. The number of nitrogens with two attached hydrogens (primary N) is 1. The summed E-state index contributed by atoms with van der Waals surface area (Å²) in [5.41, 5.74) is 8.88. The number of fused-ring (bicyclic) bond motifs is 1. The monoisotopic (exact) mass is 443 g/mol. The number of carbonyl (C=O) groups excluding carboxylic acids is 1. The van der Waals surface area contributed by atoms with Crippen LogP contribution in [-0.4, -0.2) is 50.7 Å². The summed E-state index contributed by atoms with van der Waals surface area (Å²) in [6, 6.07) is 11.9. The Balaban J connectivity index is 2.33. The first-order valence-corrected chi connectivity index (χ1v) is 11.6. The van der Waals surface area contributed by atoms with Crippen LogP contribution >= 0.6 is 0 Å². The van der Waals surface area contributed by atoms with Crippen molar-refractivity contribution in [3.8, 4) is 11.1 Å². The van der Waals surface area contributed by atoms with Crippen molar-refractivity contribution >= 4 is 26.6 Å². The molecule has 8 heteroatoms. The molecular weight excluding hydrogens is 417 g/mol. The minimum Gasteiger partial charge on any atom is -0.345 e. The number of amides is 1. The first kappa shape index (κ1) is 22.7. The molecule has 1 heterocycles. The molecule has 6 nitrogen and oxygen atoms in total. The Bertz CT molecular complexity index is 1290. The number of allylic oxidation sites excluding steroid dienone is 1. The van der Waals surface area contributed by atoms with Crippen molar-refractivity contribution < 1.29 is 17.6 Å². The quantitative estimate of drug-likeness (QED) is 0.632. The van der Waals surface area contributed by atoms with Crippen molar-refractivity contribution in [3.63, 3.8) is 0 Å². The average Bonchev–Trinajstić information content (AvgIpc) is 2.97. The van der Waals surface area contributed by atoms with E-state index >= 15 is 0 Å². The lowest BCUT2D eigenvalue weighted by Gasteiger charge is -2.11. The van der Waals surface area contributed by atoms with Gasteiger partial charge in [-0.1, -0.05) is 12.1 Å². The Morgan fingerprint density at radius 2 is 1.90 bits per heavy atom. The van der Waals surface area contributed by atoms with Crippen LogP contribution < -0.4 is 5.73 Å². The standard InChI is InChI=1S/C23H26FN3O3S/c1-15-22(16-6-5-7-19(12-16)31(4,29)30)20-13-17(23(28)26(2)3)8-9-21(20)27(15)14-18(24)10-11-25/h5-10,12-13H,11,14,25H2,1-4H3. The van der Waals surface area contributed by atoms with Gasteiger partial charge in [0.2, 0.25) is 0 Å². The lowest BCUT2D eigenvalue weighted by molar-refractivity contribution is 0.0827. The van der Waals surface area contributed by atoms with Gasteiger partial charge in [0.25, 0.3) is 5.91 Å². The molecule has 0 saturated carbocycles. The SMILES string of the molecule is Cc1c(-c2cccc(S(C)(=O)=O)c2)c2cc(C(=O)N(C)C)ccc2n1CC(F)=CCN. The van der Waals surface area contributed by atoms with Gasteiger partial charge >= 0.3 is 0 Å². The molecule has 1 amide bonds. The van der Waals surface area contributed by atoms with E-state index in [1.807, 2.05) is 17.6 Å². The summed E-state index contributed by atoms with van der Waals surface area (Å²) in [7, 11) is -0.0563. The third kappa shape index (κ3) is 4.55. The number of benzene rings is 2. The van der Waals surface area contributed by atoms with E-state index in [1.165, 1.54) is 17.0 Å². The maximum atomic E-state index is 14.4. The summed E-state index contributed by atoms with van der Waals surface area (Å²) < 4.78 is 40.3. The van der Waals surface area contributed by atoms with Crippen molar-refractivity contribution in [2.45, 2.75) is 18.4 Å². The molecule has 0 aliphatic heterocycles. The van der Waals surface area contributed by atoms with E-state index in [1.54, 1.807) is 44.4 Å². The number of sulfone groups is 1. The lowest BCUT2D eigenvalue weighted by atomic mass is 10.0. The molecule has 0 spiro atoms. The zero-order valence-electron chi connectivity index (χ0n) is 18.0. The van der Waals surface area contributed by atoms with Crippen LogP contribution in [0.2, 0.25) is 0 Å². The van der Waals surface area contributed by atoms with Crippen LogP contribution in [0.25, 0.3) is 22.0 Å². The Hall–Kier alpha value is -2.97. The number of nitrogens with zero attached hydrogens (tertiary/aromatic N) is 2. The number of halogens is 1. The van der Waals surface area contributed by atoms with Gasteiger partial charge in [-0.3, -0.25) is 4.79 Å². The van der Waals surface area contributed by atoms with Crippen LogP contribution in [0.3, 0.4) is 0 Å². The summed E-state index contributed by atoms with van der Waals surface area (Å²) in [5, 5.41) is 0.747. The van der Waals surface area contributed by atoms with Crippen molar-refractivity contribution in [2.24, 2.45) is 5.73 Å². The average molecular weight is 444 g/mol. The molecule has 0 aliphatic rings. The van der Waals surface area contributed by atoms with Gasteiger partial charge in [0, 0.05) is 54.6 Å². The highest BCUT2D eigenvalue weighted by molar-refractivity contribution is 7.90. The molecule has 0 aliphatic carbocycles. The first-order valence-electron chi connectivity index (χ1n) is 9.74. The second-order valence-electron chi connectivity index (χ2n) is 7.66. The van der Waals surface area contributed by atoms with E-state index < -0.39 is 9.84 Å². The molecule has 2 N–H and O–H groups in total. The van der Waals surface area contributed by atoms with Crippen molar-refractivity contribution in [3.05, 3.63) is 65.6 Å². The van der Waals surface area contributed by atoms with Gasteiger partial charge in [-0.05, 0) is 48.9 Å². The Morgan fingerprint density at radius 1 is 1.19 bits per heavy atom. The summed E-state index contributed by atoms with van der Waals surface area (Å²) in [6.07, 6.45) is 2.47. The molecule has 164 valence electrons. The van der Waals surface area contributed by atoms with Crippen LogP contribution in [0, 0.1) is 6.92 Å². The summed E-state index contributed by atoms with van der Waals surface area (Å²) in [6.45, 7) is 1.94. The predicted octanol–water partition coefficient (Wildman–Crippen LogP) is 3.53. The highest BCUT2D eigenvalue weighted by Crippen LogP contribution is 2.36. The second kappa shape index (κ2) is 8.64. The zero-order valence-corrected chi connectivity index (χ0v) is 18.8. The van der Waals surface area contributed by atoms with Gasteiger partial charge in [-0.15, -0.1) is 0 Å². The van der Waals surface area contributed by atoms with Crippen LogP contribution in [0.1, 0.15) is 16.1 Å². The minimum absolute atomic E-state index is 0.00766. The molecule has 1 aromatic heterocycles. The molecule has 3 rings (SSSR count). The second-order valence-corrected chi connectivity index (χ2v) is 9.68. The fraction of sp³-hybridized carbons (Fsp3) is 0.261. The van der Waals surface area contributed by atoms with Crippen molar-refractivity contribution in [2.75, 3.05) is 26.9 Å². The van der Waals surface area contributed by atoms with Gasteiger partial charge in [0.15, 0.2) is 9.84 Å². The molecule has 31 heavy (non-hydrogen) atoms. The van der Waals surface area contributed by atoms with Gasteiger partial charge in [0.1, 0.15) is 5.83 Å². The van der Waals surface area contributed by atoms with Crippen molar-refractivity contribution in [1.29, 1.82) is 0 Å². The van der Waals surface area contributed by atoms with Crippen LogP contribution in [0.15, 0.2) is 59.3 Å². The maximum Gasteiger partial charge on any atom is 0.253 e. The van der Waals surface area contributed by atoms with Crippen LogP contribution in [0.5, 0.6) is 0 Å². The minimum atomic E-state index is -3.40. The number of aromatic nitrogens is 1. The van der Waals surface area contributed by atoms with Crippen LogP contribution in [0.4, 0.5) is 4.39 Å². The molecule has 0 unspecified atom stereocenters. The van der Waals surface area contributed by atoms with E-state index in [0.717, 1.165) is 28.4 Å². The number of rotatable bonds is 6. The molecule has 0 radical (unpaired) electrons. The fourth-order valence-electron chi connectivity index (χ4n) is 3.67. The third-order valence-electron chi connectivity index (χ3n) is 5.18. The lowest BCUT2D eigenvalue weighted by Crippen LogP contribution is -2.21. The summed E-state index contributed by atoms with van der Waals surface area (Å²) >= 11 is 0. The van der Waals surface area contributed by atoms with Crippen LogP contribution in [-0.2, 0) is 16.4 Å². The van der Waals surface area contributed by atoms with E-state index in [9.17, 15) is 17.6 Å². The summed E-state index contributed by atoms with van der Waals surface area (Å²) in [5.74, 6) is -0.523. The molecule has 3 aromatic rings. The van der Waals surface area contributed by atoms with E-state index in [-0.39, 0.29) is 29.7 Å². The van der Waals surface area contributed by atoms with E-state index in [4.69, 9.17) is 5.73 Å². The highest BCUT2D eigenvalue weighted by atomic mass is 32.2. The van der Waals surface area contributed by atoms with Gasteiger partial charge in [-0.2, -0.15) is 0 Å². The Kier molecular flexibility index (Phi) is 6.33. The molecule has 0 bridgehead atoms. The van der Waals surface area contributed by atoms with Crippen molar-refractivity contribution in [1.82, 2.24) is 9.47 Å². The smallest absolute Gasteiger partial charge is 0.253 e. The van der Waals surface area contributed by atoms with Gasteiger partial charge in [0.05, 0.1) is 11.4 Å². The van der Waals surface area contributed by atoms with Gasteiger partial charge < -0.3 is 15.2 Å². The summed E-state index contributed by atoms with van der Waals surface area (Å²) in [4.78, 5) is 14.2. The fourth-order valence-corrected chi connectivity index (χ4v) is 4.33. The van der Waals surface area contributed by atoms with Gasteiger partial charge in [-0.25, -0.2) is 12.8 Å². The third-order valence-corrected chi connectivity index (χ3v) is 6.29. The number of hydrogen-bond donors (Lipinski definition) is 1. The molecule has 0 saturated heterocycles. The molecule has 0 atom stereocenters. The topological polar surface area (TPSA) is 85.4 Å². The zero-order chi connectivity index (χ0) is 22.9. The maximum absolute atomic E-state index is 14.4. The Morgan fingerprint density at radius 3 is 2.52 bits per heavy atom. The number of hydrogen-bond acceptors (Lipinski definition) is 4. The predicted molar refractivity (Wildman–Crippen MR) is 121 cm³/mol. The Labute approximate surface area is 181 Å². The largest absolute Gasteiger partial charge is 0.345 e. The highest BCUT2D eigenvalue weighted by Gasteiger charge is 2.20. The first-order chi connectivity index (χ1) is 14.5.